The van der Waals surface area contributed by atoms with Gasteiger partial charge in [-0.05, 0) is 19.1 Å². The maximum atomic E-state index is 12.1. The Bertz CT molecular complexity index is 911. The van der Waals surface area contributed by atoms with Crippen molar-refractivity contribution in [3.05, 3.63) is 53.7 Å². The van der Waals surface area contributed by atoms with E-state index in [9.17, 15) is 4.79 Å². The third-order valence-electron chi connectivity index (χ3n) is 3.49. The largest absolute Gasteiger partial charge is 0.403 e. The third-order valence-corrected chi connectivity index (χ3v) is 4.47. The van der Waals surface area contributed by atoms with E-state index >= 15 is 0 Å². The number of nitrogens with one attached hydrogen (secondary N) is 1. The van der Waals surface area contributed by atoms with Crippen molar-refractivity contribution in [1.29, 1.82) is 0 Å². The summed E-state index contributed by atoms with van der Waals surface area (Å²) in [5.41, 5.74) is 15.8. The minimum Gasteiger partial charge on any atom is -0.403 e. The molecule has 0 saturated carbocycles. The lowest BCUT2D eigenvalue weighted by molar-refractivity contribution is -0.116. The second-order valence-electron chi connectivity index (χ2n) is 5.30. The van der Waals surface area contributed by atoms with Gasteiger partial charge < -0.3 is 16.8 Å². The van der Waals surface area contributed by atoms with E-state index in [4.69, 9.17) is 11.5 Å². The van der Waals surface area contributed by atoms with Gasteiger partial charge in [0.15, 0.2) is 0 Å². The number of carbonyl (C=O) groups is 1. The summed E-state index contributed by atoms with van der Waals surface area (Å²) in [5.74, 6) is 0.211. The minimum absolute atomic E-state index is 0.0894. The van der Waals surface area contributed by atoms with Crippen LogP contribution in [0, 0.1) is 6.92 Å². The quantitative estimate of drug-likeness (QED) is 0.638. The second-order valence-corrected chi connectivity index (χ2v) is 6.15. The lowest BCUT2D eigenvalue weighted by atomic mass is 10.2. The third kappa shape index (κ3) is 3.83. The van der Waals surface area contributed by atoms with E-state index in [0.717, 1.165) is 16.1 Å². The van der Waals surface area contributed by atoms with Gasteiger partial charge >= 0.3 is 0 Å². The summed E-state index contributed by atoms with van der Waals surface area (Å²) < 4.78 is 1.58. The summed E-state index contributed by atoms with van der Waals surface area (Å²) in [7, 11) is 0. The van der Waals surface area contributed by atoms with E-state index in [1.165, 1.54) is 6.20 Å². The SMILES string of the molecule is Cc1ncsc1-c1cnn(CC(=O)Nc2ccc(/C(N)=C/N)cn2)c1. The fraction of sp³-hybridized carbons (Fsp3) is 0.125. The van der Waals surface area contributed by atoms with Crippen molar-refractivity contribution in [3.63, 3.8) is 0 Å². The van der Waals surface area contributed by atoms with Crippen molar-refractivity contribution in [3.8, 4) is 10.4 Å². The number of hydrogen-bond donors (Lipinski definition) is 3. The molecule has 3 aromatic rings. The molecule has 0 spiro atoms. The lowest BCUT2D eigenvalue weighted by Gasteiger charge is -2.06. The fourth-order valence-corrected chi connectivity index (χ4v) is 2.99. The van der Waals surface area contributed by atoms with Crippen LogP contribution >= 0.6 is 11.3 Å². The molecule has 0 aliphatic rings. The van der Waals surface area contributed by atoms with Gasteiger partial charge in [-0.3, -0.25) is 9.48 Å². The molecule has 0 unspecified atom stereocenters. The van der Waals surface area contributed by atoms with Crippen molar-refractivity contribution in [1.82, 2.24) is 19.7 Å². The molecule has 0 aliphatic heterocycles. The predicted octanol–water partition coefficient (Wildman–Crippen LogP) is 1.56. The molecular weight excluding hydrogens is 338 g/mol. The minimum atomic E-state index is -0.224. The van der Waals surface area contributed by atoms with Crippen LogP contribution in [0.1, 0.15) is 11.3 Å². The van der Waals surface area contributed by atoms with Crippen LogP contribution in [-0.2, 0) is 11.3 Å². The maximum Gasteiger partial charge on any atom is 0.247 e. The highest BCUT2D eigenvalue weighted by Gasteiger charge is 2.10. The Morgan fingerprint density at radius 1 is 1.36 bits per heavy atom. The fourth-order valence-electron chi connectivity index (χ4n) is 2.21. The number of amides is 1. The number of carbonyl (C=O) groups excluding carboxylic acids is 1. The van der Waals surface area contributed by atoms with Crippen molar-refractivity contribution in [2.75, 3.05) is 5.32 Å². The molecular formula is C16H17N7OS. The Morgan fingerprint density at radius 2 is 2.20 bits per heavy atom. The molecule has 25 heavy (non-hydrogen) atoms. The molecule has 0 bridgehead atoms. The van der Waals surface area contributed by atoms with E-state index in [2.05, 4.69) is 20.4 Å². The van der Waals surface area contributed by atoms with Gasteiger partial charge in [0.1, 0.15) is 12.4 Å². The highest BCUT2D eigenvalue weighted by molar-refractivity contribution is 7.13. The van der Waals surface area contributed by atoms with Crippen LogP contribution < -0.4 is 16.8 Å². The number of nitrogens with two attached hydrogens (primary N) is 2. The summed E-state index contributed by atoms with van der Waals surface area (Å²) in [6.07, 6.45) is 6.40. The molecule has 9 heteroatoms. The molecule has 1 amide bonds. The Balaban J connectivity index is 1.63. The van der Waals surface area contributed by atoms with Crippen molar-refractivity contribution in [2.45, 2.75) is 13.5 Å². The molecule has 0 saturated heterocycles. The standard InChI is InChI=1S/C16H17N7OS/c1-10-16(25-9-20-10)12-6-21-23(7-12)8-15(24)22-14-3-2-11(5-19-14)13(18)4-17/h2-7,9H,8,17-18H2,1H3,(H,19,22,24)/b13-4-. The van der Waals surface area contributed by atoms with Crippen LogP contribution in [0.2, 0.25) is 0 Å². The van der Waals surface area contributed by atoms with Gasteiger partial charge in [0.25, 0.3) is 0 Å². The molecule has 3 heterocycles. The van der Waals surface area contributed by atoms with E-state index in [-0.39, 0.29) is 12.5 Å². The zero-order chi connectivity index (χ0) is 17.8. The van der Waals surface area contributed by atoms with Gasteiger partial charge in [-0.15, -0.1) is 11.3 Å². The number of pyridine rings is 1. The molecule has 0 radical (unpaired) electrons. The van der Waals surface area contributed by atoms with Crippen molar-refractivity contribution < 1.29 is 4.79 Å². The van der Waals surface area contributed by atoms with E-state index in [1.807, 2.05) is 13.1 Å². The van der Waals surface area contributed by atoms with Crippen LogP contribution in [-0.4, -0.2) is 25.7 Å². The average molecular weight is 355 g/mol. The molecule has 3 rings (SSSR count). The summed E-state index contributed by atoms with van der Waals surface area (Å²) in [6, 6.07) is 3.40. The molecule has 0 aliphatic carbocycles. The summed E-state index contributed by atoms with van der Waals surface area (Å²) >= 11 is 1.54. The molecule has 8 nitrogen and oxygen atoms in total. The van der Waals surface area contributed by atoms with Crippen LogP contribution in [0.4, 0.5) is 5.82 Å². The van der Waals surface area contributed by atoms with Crippen LogP contribution in [0.3, 0.4) is 0 Å². The molecule has 0 atom stereocenters. The lowest BCUT2D eigenvalue weighted by Crippen LogP contribution is -2.19. The highest BCUT2D eigenvalue weighted by Crippen LogP contribution is 2.26. The topological polar surface area (TPSA) is 125 Å². The number of aromatic nitrogens is 4. The Morgan fingerprint density at radius 3 is 2.84 bits per heavy atom. The zero-order valence-corrected chi connectivity index (χ0v) is 14.3. The number of hydrogen-bond acceptors (Lipinski definition) is 7. The first kappa shape index (κ1) is 16.7. The van der Waals surface area contributed by atoms with E-state index in [1.54, 1.807) is 46.1 Å². The van der Waals surface area contributed by atoms with Gasteiger partial charge in [-0.1, -0.05) is 0 Å². The molecule has 5 N–H and O–H groups in total. The van der Waals surface area contributed by atoms with Gasteiger partial charge in [0.05, 0.1) is 28.0 Å². The first-order valence-corrected chi connectivity index (χ1v) is 8.31. The number of aryl methyl sites for hydroxylation is 1. The number of rotatable bonds is 5. The number of nitrogens with zero attached hydrogens (tertiary/aromatic N) is 4. The van der Waals surface area contributed by atoms with E-state index < -0.39 is 0 Å². The molecule has 0 aromatic carbocycles. The Kier molecular flexibility index (Phi) is 4.75. The zero-order valence-electron chi connectivity index (χ0n) is 13.5. The first-order chi connectivity index (χ1) is 12.1. The summed E-state index contributed by atoms with van der Waals surface area (Å²) in [6.45, 7) is 2.03. The summed E-state index contributed by atoms with van der Waals surface area (Å²) in [4.78, 5) is 21.6. The Labute approximate surface area is 148 Å². The molecule has 128 valence electrons. The Hall–Kier alpha value is -3.20. The monoisotopic (exact) mass is 355 g/mol. The highest BCUT2D eigenvalue weighted by atomic mass is 32.1. The van der Waals surface area contributed by atoms with Crippen molar-refractivity contribution in [2.24, 2.45) is 11.5 Å². The van der Waals surface area contributed by atoms with Gasteiger partial charge in [-0.25, -0.2) is 9.97 Å². The smallest absolute Gasteiger partial charge is 0.247 e. The van der Waals surface area contributed by atoms with Gasteiger partial charge in [-0.2, -0.15) is 5.10 Å². The van der Waals surface area contributed by atoms with Crippen molar-refractivity contribution >= 4 is 28.8 Å². The molecule has 3 aromatic heterocycles. The van der Waals surface area contributed by atoms with E-state index in [0.29, 0.717) is 17.1 Å². The summed E-state index contributed by atoms with van der Waals surface area (Å²) in [5, 5.41) is 6.94. The number of anilines is 1. The first-order valence-electron chi connectivity index (χ1n) is 7.43. The normalized spacial score (nSPS) is 11.5. The van der Waals surface area contributed by atoms with Gasteiger partial charge in [0, 0.05) is 29.7 Å². The average Bonchev–Trinajstić information content (AvgIpc) is 3.23. The number of thiazole rings is 1. The maximum absolute atomic E-state index is 12.1. The van der Waals surface area contributed by atoms with Crippen LogP contribution in [0.25, 0.3) is 16.1 Å². The van der Waals surface area contributed by atoms with Crippen LogP contribution in [0.5, 0.6) is 0 Å². The predicted molar refractivity (Wildman–Crippen MR) is 97.3 cm³/mol. The van der Waals surface area contributed by atoms with Gasteiger partial charge in [0.2, 0.25) is 5.91 Å². The molecule has 0 fully saturated rings. The van der Waals surface area contributed by atoms with Crippen LogP contribution in [0.15, 0.2) is 42.4 Å². The second kappa shape index (κ2) is 7.14.